The largest absolute Gasteiger partial charge is 0.508 e. The molecule has 2 N–H and O–H groups in total. The lowest BCUT2D eigenvalue weighted by Gasteiger charge is -2.00. The first-order valence-corrected chi connectivity index (χ1v) is 5.12. The average molecular weight is 223 g/mol. The summed E-state index contributed by atoms with van der Waals surface area (Å²) < 4.78 is 0. The van der Waals surface area contributed by atoms with Gasteiger partial charge in [0.05, 0.1) is 5.69 Å². The maximum atomic E-state index is 9.18. The second-order valence-electron chi connectivity index (χ2n) is 3.26. The molecule has 1 heterocycles. The number of rotatable bonds is 2. The van der Waals surface area contributed by atoms with Crippen molar-refractivity contribution in [2.75, 3.05) is 0 Å². The monoisotopic (exact) mass is 222 g/mol. The summed E-state index contributed by atoms with van der Waals surface area (Å²) in [6.45, 7) is 2.04. The van der Waals surface area contributed by atoms with Crippen molar-refractivity contribution in [1.29, 1.82) is 0 Å². The van der Waals surface area contributed by atoms with Crippen molar-refractivity contribution in [3.8, 4) is 17.0 Å². The van der Waals surface area contributed by atoms with Crippen LogP contribution in [0.1, 0.15) is 12.6 Å². The number of halogens is 1. The van der Waals surface area contributed by atoms with Crippen LogP contribution in [0.3, 0.4) is 0 Å². The lowest BCUT2D eigenvalue weighted by molar-refractivity contribution is 0.475. The number of imidazole rings is 1. The summed E-state index contributed by atoms with van der Waals surface area (Å²) in [5, 5.41) is 9.58. The smallest absolute Gasteiger partial charge is 0.200 e. The highest BCUT2D eigenvalue weighted by molar-refractivity contribution is 6.28. The molecule has 0 atom stereocenters. The Bertz CT molecular complexity index is 462. The quantitative estimate of drug-likeness (QED) is 0.821. The molecule has 0 saturated heterocycles. The van der Waals surface area contributed by atoms with E-state index >= 15 is 0 Å². The molecule has 0 amide bonds. The minimum atomic E-state index is 0.249. The second kappa shape index (κ2) is 3.95. The molecule has 0 bridgehead atoms. The molecule has 0 fully saturated rings. The first-order valence-electron chi connectivity index (χ1n) is 4.74. The Labute approximate surface area is 92.7 Å². The van der Waals surface area contributed by atoms with Gasteiger partial charge in [0.1, 0.15) is 5.75 Å². The standard InChI is InChI=1S/C11H11ClN2O/c1-2-9-10(14-11(12)13-9)7-3-5-8(15)6-4-7/h3-6,15H,2H2,1H3,(H,13,14). The van der Waals surface area contributed by atoms with Crippen molar-refractivity contribution in [1.82, 2.24) is 9.97 Å². The number of phenols is 1. The summed E-state index contributed by atoms with van der Waals surface area (Å²) in [4.78, 5) is 7.21. The number of hydrogen-bond donors (Lipinski definition) is 2. The van der Waals surface area contributed by atoms with Gasteiger partial charge in [-0.15, -0.1) is 0 Å². The van der Waals surface area contributed by atoms with Crippen LogP contribution in [0.15, 0.2) is 24.3 Å². The normalized spacial score (nSPS) is 10.5. The van der Waals surface area contributed by atoms with Gasteiger partial charge in [0, 0.05) is 11.3 Å². The van der Waals surface area contributed by atoms with Gasteiger partial charge in [-0.3, -0.25) is 0 Å². The molecule has 3 nitrogen and oxygen atoms in total. The van der Waals surface area contributed by atoms with E-state index in [2.05, 4.69) is 9.97 Å². The predicted octanol–water partition coefficient (Wildman–Crippen LogP) is 3.00. The van der Waals surface area contributed by atoms with Crippen molar-refractivity contribution in [3.63, 3.8) is 0 Å². The zero-order chi connectivity index (χ0) is 10.8. The number of aromatic amines is 1. The fourth-order valence-corrected chi connectivity index (χ4v) is 1.69. The number of nitrogens with one attached hydrogen (secondary N) is 1. The van der Waals surface area contributed by atoms with Crippen LogP contribution in [0, 0.1) is 0 Å². The van der Waals surface area contributed by atoms with E-state index in [9.17, 15) is 5.11 Å². The number of nitrogens with zero attached hydrogens (tertiary/aromatic N) is 1. The number of aromatic hydroxyl groups is 1. The van der Waals surface area contributed by atoms with E-state index in [0.29, 0.717) is 5.28 Å². The molecular weight excluding hydrogens is 212 g/mol. The molecule has 0 aliphatic carbocycles. The van der Waals surface area contributed by atoms with Gasteiger partial charge in [0.15, 0.2) is 0 Å². The zero-order valence-corrected chi connectivity index (χ0v) is 9.04. The van der Waals surface area contributed by atoms with E-state index in [1.54, 1.807) is 12.1 Å². The van der Waals surface area contributed by atoms with E-state index in [4.69, 9.17) is 11.6 Å². The Morgan fingerprint density at radius 3 is 2.60 bits per heavy atom. The third-order valence-electron chi connectivity index (χ3n) is 2.24. The summed E-state index contributed by atoms with van der Waals surface area (Å²) in [6.07, 6.45) is 0.843. The predicted molar refractivity (Wildman–Crippen MR) is 60.1 cm³/mol. The summed E-state index contributed by atoms with van der Waals surface area (Å²) in [6, 6.07) is 6.91. The SMILES string of the molecule is CCc1[nH]c(Cl)nc1-c1ccc(O)cc1. The molecule has 78 valence electrons. The first kappa shape index (κ1) is 10.1. The van der Waals surface area contributed by atoms with Crippen LogP contribution < -0.4 is 0 Å². The number of benzene rings is 1. The molecule has 15 heavy (non-hydrogen) atoms. The molecule has 2 aromatic rings. The highest BCUT2D eigenvalue weighted by Gasteiger charge is 2.09. The fourth-order valence-electron chi connectivity index (χ4n) is 1.49. The minimum Gasteiger partial charge on any atom is -0.508 e. The van der Waals surface area contributed by atoms with Crippen molar-refractivity contribution >= 4 is 11.6 Å². The molecule has 4 heteroatoms. The third kappa shape index (κ3) is 1.97. The summed E-state index contributed by atoms with van der Waals surface area (Å²) in [5.41, 5.74) is 2.81. The summed E-state index contributed by atoms with van der Waals surface area (Å²) in [5.74, 6) is 0.249. The highest BCUT2D eigenvalue weighted by Crippen LogP contribution is 2.25. The van der Waals surface area contributed by atoms with E-state index in [1.807, 2.05) is 19.1 Å². The Morgan fingerprint density at radius 2 is 2.00 bits per heavy atom. The number of H-pyrrole nitrogens is 1. The Balaban J connectivity index is 2.48. The van der Waals surface area contributed by atoms with Gasteiger partial charge in [-0.2, -0.15) is 0 Å². The van der Waals surface area contributed by atoms with Gasteiger partial charge in [-0.25, -0.2) is 4.98 Å². The number of aryl methyl sites for hydroxylation is 1. The first-order chi connectivity index (χ1) is 7.20. The molecular formula is C11H11ClN2O. The van der Waals surface area contributed by atoms with Gasteiger partial charge < -0.3 is 10.1 Å². The van der Waals surface area contributed by atoms with Gasteiger partial charge in [0.2, 0.25) is 5.28 Å². The van der Waals surface area contributed by atoms with Crippen LogP contribution in [0.5, 0.6) is 5.75 Å². The van der Waals surface area contributed by atoms with Crippen LogP contribution in [0.2, 0.25) is 5.28 Å². The molecule has 0 unspecified atom stereocenters. The molecule has 1 aromatic carbocycles. The number of phenolic OH excluding ortho intramolecular Hbond substituents is 1. The number of hydrogen-bond acceptors (Lipinski definition) is 2. The molecule has 1 aromatic heterocycles. The molecule has 2 rings (SSSR count). The maximum absolute atomic E-state index is 9.18. The van der Waals surface area contributed by atoms with Crippen LogP contribution in [-0.4, -0.2) is 15.1 Å². The minimum absolute atomic E-state index is 0.249. The maximum Gasteiger partial charge on any atom is 0.200 e. The molecule has 0 spiro atoms. The van der Waals surface area contributed by atoms with Crippen LogP contribution >= 0.6 is 11.6 Å². The van der Waals surface area contributed by atoms with E-state index in [1.165, 1.54) is 0 Å². The van der Waals surface area contributed by atoms with E-state index in [-0.39, 0.29) is 5.75 Å². The van der Waals surface area contributed by atoms with Crippen LogP contribution in [0.4, 0.5) is 0 Å². The van der Waals surface area contributed by atoms with E-state index in [0.717, 1.165) is 23.4 Å². The average Bonchev–Trinajstić information content (AvgIpc) is 2.61. The summed E-state index contributed by atoms with van der Waals surface area (Å²) >= 11 is 5.81. The highest BCUT2D eigenvalue weighted by atomic mass is 35.5. The molecule has 0 aliphatic rings. The summed E-state index contributed by atoms with van der Waals surface area (Å²) in [7, 11) is 0. The lowest BCUT2D eigenvalue weighted by Crippen LogP contribution is -1.85. The fraction of sp³-hybridized carbons (Fsp3) is 0.182. The van der Waals surface area contributed by atoms with Crippen molar-refractivity contribution < 1.29 is 5.11 Å². The zero-order valence-electron chi connectivity index (χ0n) is 8.29. The topological polar surface area (TPSA) is 48.9 Å². The van der Waals surface area contributed by atoms with Gasteiger partial charge >= 0.3 is 0 Å². The third-order valence-corrected chi connectivity index (χ3v) is 2.42. The molecule has 0 aliphatic heterocycles. The molecule has 0 saturated carbocycles. The van der Waals surface area contributed by atoms with Crippen LogP contribution in [0.25, 0.3) is 11.3 Å². The Morgan fingerprint density at radius 1 is 1.33 bits per heavy atom. The van der Waals surface area contributed by atoms with Gasteiger partial charge in [0.25, 0.3) is 0 Å². The van der Waals surface area contributed by atoms with Gasteiger partial charge in [-0.1, -0.05) is 6.92 Å². The second-order valence-corrected chi connectivity index (χ2v) is 3.61. The number of aromatic nitrogens is 2. The lowest BCUT2D eigenvalue weighted by atomic mass is 10.1. The van der Waals surface area contributed by atoms with Gasteiger partial charge in [-0.05, 0) is 42.3 Å². The Kier molecular flexibility index (Phi) is 2.64. The van der Waals surface area contributed by atoms with Crippen LogP contribution in [-0.2, 0) is 6.42 Å². The van der Waals surface area contributed by atoms with Crippen molar-refractivity contribution in [3.05, 3.63) is 35.2 Å². The van der Waals surface area contributed by atoms with Crippen molar-refractivity contribution in [2.45, 2.75) is 13.3 Å². The Hall–Kier alpha value is -1.48. The van der Waals surface area contributed by atoms with E-state index < -0.39 is 0 Å². The van der Waals surface area contributed by atoms with Crippen molar-refractivity contribution in [2.24, 2.45) is 0 Å². The molecule has 0 radical (unpaired) electrons.